The molecule has 0 aliphatic carbocycles. The van der Waals surface area contributed by atoms with Gasteiger partial charge in [-0.25, -0.2) is 13.6 Å². The Labute approximate surface area is 151 Å². The number of anilines is 1. The summed E-state index contributed by atoms with van der Waals surface area (Å²) in [7, 11) is 0.374. The van der Waals surface area contributed by atoms with E-state index >= 15 is 0 Å². The quantitative estimate of drug-likeness (QED) is 0.752. The fourth-order valence-corrected chi connectivity index (χ4v) is 3.08. The Kier molecular flexibility index (Phi) is 6.06. The van der Waals surface area contributed by atoms with E-state index in [4.69, 9.17) is 19.3 Å². The zero-order chi connectivity index (χ0) is 19.3. The van der Waals surface area contributed by atoms with Crippen LogP contribution >= 0.6 is 0 Å². The van der Waals surface area contributed by atoms with E-state index < -0.39 is 10.0 Å². The third kappa shape index (κ3) is 4.64. The molecule has 0 aliphatic rings. The van der Waals surface area contributed by atoms with Crippen molar-refractivity contribution in [1.82, 2.24) is 0 Å². The number of hydrogen-bond acceptors (Lipinski definition) is 6. The van der Waals surface area contributed by atoms with Gasteiger partial charge in [0.1, 0.15) is 22.1 Å². The lowest BCUT2D eigenvalue weighted by atomic mass is 10.1. The molecule has 0 spiro atoms. The summed E-state index contributed by atoms with van der Waals surface area (Å²) in [6, 6.07) is 9.31. The van der Waals surface area contributed by atoms with Crippen LogP contribution in [0.25, 0.3) is 0 Å². The first-order valence-corrected chi connectivity index (χ1v) is 9.04. The summed E-state index contributed by atoms with van der Waals surface area (Å²) in [4.78, 5) is 12.1. The molecule has 1 amide bonds. The Morgan fingerprint density at radius 3 is 2.27 bits per heavy atom. The highest BCUT2D eigenvalue weighted by Crippen LogP contribution is 2.27. The Bertz CT molecular complexity index is 911. The molecule has 0 saturated heterocycles. The maximum absolute atomic E-state index is 12.3. The van der Waals surface area contributed by atoms with Crippen LogP contribution in [0.2, 0.25) is 0 Å². The average molecular weight is 380 g/mol. The maximum atomic E-state index is 12.3. The molecule has 0 aliphatic heterocycles. The van der Waals surface area contributed by atoms with Gasteiger partial charge in [-0.1, -0.05) is 6.07 Å². The van der Waals surface area contributed by atoms with Crippen LogP contribution in [0, 0.1) is 0 Å². The minimum Gasteiger partial charge on any atom is -0.497 e. The minimum atomic E-state index is -3.99. The second-order valence-corrected chi connectivity index (χ2v) is 6.84. The number of methoxy groups -OCH3 is 3. The number of primary sulfonamides is 1. The number of benzene rings is 2. The zero-order valence-corrected chi connectivity index (χ0v) is 15.4. The van der Waals surface area contributed by atoms with Crippen molar-refractivity contribution in [2.45, 2.75) is 11.3 Å². The molecular weight excluding hydrogens is 360 g/mol. The Hall–Kier alpha value is -2.78. The molecule has 0 fully saturated rings. The lowest BCUT2D eigenvalue weighted by molar-refractivity contribution is -0.115. The zero-order valence-electron chi connectivity index (χ0n) is 14.6. The van der Waals surface area contributed by atoms with E-state index in [0.717, 1.165) is 0 Å². The first-order valence-electron chi connectivity index (χ1n) is 7.50. The van der Waals surface area contributed by atoms with Gasteiger partial charge in [-0.15, -0.1) is 0 Å². The van der Waals surface area contributed by atoms with E-state index in [0.29, 0.717) is 17.1 Å². The second-order valence-electron chi connectivity index (χ2n) is 5.31. The SMILES string of the molecule is COc1ccc(CC(=O)Nc2ccc(OC)c(S(N)(=O)=O)c2)c(OC)c1. The summed E-state index contributed by atoms with van der Waals surface area (Å²) >= 11 is 0. The van der Waals surface area contributed by atoms with Gasteiger partial charge < -0.3 is 19.5 Å². The van der Waals surface area contributed by atoms with Crippen LogP contribution in [0.15, 0.2) is 41.3 Å². The van der Waals surface area contributed by atoms with E-state index in [1.54, 1.807) is 18.2 Å². The van der Waals surface area contributed by atoms with E-state index in [1.807, 2.05) is 0 Å². The van der Waals surface area contributed by atoms with Crippen molar-refractivity contribution in [2.75, 3.05) is 26.6 Å². The Morgan fingerprint density at radius 2 is 1.69 bits per heavy atom. The van der Waals surface area contributed by atoms with Crippen molar-refractivity contribution in [3.63, 3.8) is 0 Å². The molecule has 8 nitrogen and oxygen atoms in total. The molecule has 2 aromatic rings. The molecule has 0 aromatic heterocycles. The Morgan fingerprint density at radius 1 is 1.00 bits per heavy atom. The van der Waals surface area contributed by atoms with Crippen LogP contribution in [-0.4, -0.2) is 35.7 Å². The van der Waals surface area contributed by atoms with Gasteiger partial charge >= 0.3 is 0 Å². The van der Waals surface area contributed by atoms with Gasteiger partial charge in [-0.05, 0) is 24.3 Å². The largest absolute Gasteiger partial charge is 0.497 e. The monoisotopic (exact) mass is 380 g/mol. The van der Waals surface area contributed by atoms with Crippen LogP contribution in [0.1, 0.15) is 5.56 Å². The van der Waals surface area contributed by atoms with Gasteiger partial charge in [0.05, 0.1) is 27.8 Å². The normalized spacial score (nSPS) is 10.9. The van der Waals surface area contributed by atoms with Gasteiger partial charge in [-0.3, -0.25) is 4.79 Å². The Balaban J connectivity index is 2.21. The summed E-state index contributed by atoms with van der Waals surface area (Å²) in [6.45, 7) is 0. The number of carbonyl (C=O) groups excluding carboxylic acids is 1. The van der Waals surface area contributed by atoms with Crippen molar-refractivity contribution in [1.29, 1.82) is 0 Å². The molecule has 140 valence electrons. The van der Waals surface area contributed by atoms with Crippen LogP contribution in [-0.2, 0) is 21.2 Å². The molecule has 0 atom stereocenters. The highest BCUT2D eigenvalue weighted by molar-refractivity contribution is 7.89. The number of rotatable bonds is 7. The second kappa shape index (κ2) is 8.07. The van der Waals surface area contributed by atoms with Crippen LogP contribution in [0.5, 0.6) is 17.2 Å². The van der Waals surface area contributed by atoms with Crippen molar-refractivity contribution in [3.8, 4) is 17.2 Å². The highest BCUT2D eigenvalue weighted by atomic mass is 32.2. The number of amides is 1. The topological polar surface area (TPSA) is 117 Å². The van der Waals surface area contributed by atoms with Gasteiger partial charge in [-0.2, -0.15) is 0 Å². The first kappa shape index (κ1) is 19.5. The molecule has 9 heteroatoms. The highest BCUT2D eigenvalue weighted by Gasteiger charge is 2.17. The smallest absolute Gasteiger partial charge is 0.241 e. The minimum absolute atomic E-state index is 0.0317. The number of hydrogen-bond donors (Lipinski definition) is 2. The van der Waals surface area contributed by atoms with Crippen molar-refractivity contribution >= 4 is 21.6 Å². The number of nitrogens with one attached hydrogen (secondary N) is 1. The van der Waals surface area contributed by atoms with Gasteiger partial charge in [0.15, 0.2) is 0 Å². The average Bonchev–Trinajstić information content (AvgIpc) is 2.61. The molecular formula is C17H20N2O6S. The molecule has 2 aromatic carbocycles. The molecule has 0 saturated carbocycles. The van der Waals surface area contributed by atoms with E-state index in [2.05, 4.69) is 5.32 Å². The molecule has 26 heavy (non-hydrogen) atoms. The fourth-order valence-electron chi connectivity index (χ4n) is 2.35. The van der Waals surface area contributed by atoms with E-state index in [1.165, 1.54) is 39.5 Å². The number of ether oxygens (including phenoxy) is 3. The van der Waals surface area contributed by atoms with E-state index in [9.17, 15) is 13.2 Å². The third-order valence-corrected chi connectivity index (χ3v) is 4.53. The summed E-state index contributed by atoms with van der Waals surface area (Å²) < 4.78 is 38.6. The molecule has 2 rings (SSSR count). The first-order chi connectivity index (χ1) is 12.3. The predicted molar refractivity (Wildman–Crippen MR) is 96.2 cm³/mol. The molecule has 0 bridgehead atoms. The van der Waals surface area contributed by atoms with Crippen molar-refractivity contribution < 1.29 is 27.4 Å². The summed E-state index contributed by atoms with van der Waals surface area (Å²) in [5.41, 5.74) is 0.943. The van der Waals surface area contributed by atoms with E-state index in [-0.39, 0.29) is 28.7 Å². The molecule has 3 N–H and O–H groups in total. The summed E-state index contributed by atoms with van der Waals surface area (Å²) in [6.07, 6.45) is 0.0317. The van der Waals surface area contributed by atoms with Crippen LogP contribution in [0.3, 0.4) is 0 Å². The number of carbonyl (C=O) groups is 1. The summed E-state index contributed by atoms with van der Waals surface area (Å²) in [5.74, 6) is 0.875. The number of nitrogens with two attached hydrogens (primary N) is 1. The van der Waals surface area contributed by atoms with Crippen molar-refractivity contribution in [3.05, 3.63) is 42.0 Å². The fraction of sp³-hybridized carbons (Fsp3) is 0.235. The standard InChI is InChI=1S/C17H20N2O6S/c1-23-13-6-4-11(15(10-13)25-3)8-17(20)19-12-5-7-14(24-2)16(9-12)26(18,21)22/h4-7,9-10H,8H2,1-3H3,(H,19,20)(H2,18,21,22). The lowest BCUT2D eigenvalue weighted by Gasteiger charge is -2.12. The molecule has 0 radical (unpaired) electrons. The molecule has 0 unspecified atom stereocenters. The van der Waals surface area contributed by atoms with Gasteiger partial charge in [0, 0.05) is 17.3 Å². The maximum Gasteiger partial charge on any atom is 0.241 e. The summed E-state index contributed by atoms with van der Waals surface area (Å²) in [5, 5.41) is 7.81. The van der Waals surface area contributed by atoms with Crippen LogP contribution in [0.4, 0.5) is 5.69 Å². The predicted octanol–water partition coefficient (Wildman–Crippen LogP) is 1.54. The van der Waals surface area contributed by atoms with Gasteiger partial charge in [0.2, 0.25) is 15.9 Å². The molecule has 0 heterocycles. The van der Waals surface area contributed by atoms with Crippen LogP contribution < -0.4 is 24.7 Å². The number of sulfonamides is 1. The third-order valence-electron chi connectivity index (χ3n) is 3.60. The van der Waals surface area contributed by atoms with Crippen molar-refractivity contribution in [2.24, 2.45) is 5.14 Å². The lowest BCUT2D eigenvalue weighted by Crippen LogP contribution is -2.17. The van der Waals surface area contributed by atoms with Gasteiger partial charge in [0.25, 0.3) is 0 Å².